The van der Waals surface area contributed by atoms with Gasteiger partial charge in [0.1, 0.15) is 5.01 Å². The highest BCUT2D eigenvalue weighted by Gasteiger charge is 2.10. The Morgan fingerprint density at radius 3 is 2.87 bits per heavy atom. The van der Waals surface area contributed by atoms with Gasteiger partial charge in [0.15, 0.2) is 0 Å². The van der Waals surface area contributed by atoms with E-state index in [9.17, 15) is 0 Å². The maximum atomic E-state index is 7.32. The lowest BCUT2D eigenvalue weighted by atomic mass is 10.1. The predicted molar refractivity (Wildman–Crippen MR) is 64.3 cm³/mol. The van der Waals surface area contributed by atoms with E-state index in [-0.39, 0.29) is 11.8 Å². The van der Waals surface area contributed by atoms with Crippen molar-refractivity contribution >= 4 is 17.2 Å². The first-order valence-electron chi connectivity index (χ1n) is 4.92. The number of aromatic nitrogens is 1. The lowest BCUT2D eigenvalue weighted by molar-refractivity contribution is 0.306. The standard InChI is InChI=1S/C10H18N4S/c1-7(10(11)12)4-14(3)5-9-13-8(2)6-15-9/h6-7H,4-5H2,1-3H3,(H3,11,12). The van der Waals surface area contributed by atoms with Gasteiger partial charge in [-0.05, 0) is 14.0 Å². The van der Waals surface area contributed by atoms with Crippen LogP contribution in [0.15, 0.2) is 5.38 Å². The van der Waals surface area contributed by atoms with Gasteiger partial charge in [-0.25, -0.2) is 4.98 Å². The molecule has 1 aromatic rings. The van der Waals surface area contributed by atoms with Gasteiger partial charge < -0.3 is 5.73 Å². The summed E-state index contributed by atoms with van der Waals surface area (Å²) < 4.78 is 0. The van der Waals surface area contributed by atoms with Crippen LogP contribution in [0.4, 0.5) is 0 Å². The SMILES string of the molecule is Cc1csc(CN(C)CC(C)C(=N)N)n1. The number of aryl methyl sites for hydroxylation is 1. The predicted octanol–water partition coefficient (Wildman–Crippen LogP) is 1.46. The molecule has 0 spiro atoms. The van der Waals surface area contributed by atoms with Crippen molar-refractivity contribution in [2.24, 2.45) is 11.7 Å². The van der Waals surface area contributed by atoms with E-state index in [1.54, 1.807) is 11.3 Å². The summed E-state index contributed by atoms with van der Waals surface area (Å²) in [4.78, 5) is 6.54. The zero-order valence-corrected chi connectivity index (χ0v) is 10.3. The molecule has 0 aromatic carbocycles. The third kappa shape index (κ3) is 3.97. The number of amidine groups is 1. The topological polar surface area (TPSA) is 66.0 Å². The molecule has 0 aliphatic heterocycles. The molecule has 0 radical (unpaired) electrons. The zero-order chi connectivity index (χ0) is 11.4. The second-order valence-corrected chi connectivity index (χ2v) is 4.88. The quantitative estimate of drug-likeness (QED) is 0.590. The Bertz CT molecular complexity index is 334. The van der Waals surface area contributed by atoms with Crippen molar-refractivity contribution in [3.05, 3.63) is 16.1 Å². The average Bonchev–Trinajstić information content (AvgIpc) is 2.50. The summed E-state index contributed by atoms with van der Waals surface area (Å²) in [5.41, 5.74) is 6.50. The van der Waals surface area contributed by atoms with Gasteiger partial charge in [0.25, 0.3) is 0 Å². The van der Waals surface area contributed by atoms with Crippen LogP contribution in [0.2, 0.25) is 0 Å². The highest BCUT2D eigenvalue weighted by atomic mass is 32.1. The average molecular weight is 226 g/mol. The summed E-state index contributed by atoms with van der Waals surface area (Å²) in [6.45, 7) is 5.59. The molecule has 0 aliphatic carbocycles. The molecule has 15 heavy (non-hydrogen) atoms. The summed E-state index contributed by atoms with van der Waals surface area (Å²) in [6, 6.07) is 0. The number of rotatable bonds is 5. The largest absolute Gasteiger partial charge is 0.387 e. The third-order valence-corrected chi connectivity index (χ3v) is 3.14. The fourth-order valence-corrected chi connectivity index (χ4v) is 2.19. The van der Waals surface area contributed by atoms with Gasteiger partial charge in [-0.1, -0.05) is 6.92 Å². The first-order chi connectivity index (χ1) is 6.99. The smallest absolute Gasteiger partial charge is 0.107 e. The molecular weight excluding hydrogens is 208 g/mol. The van der Waals surface area contributed by atoms with Crippen molar-refractivity contribution < 1.29 is 0 Å². The second-order valence-electron chi connectivity index (χ2n) is 3.94. The zero-order valence-electron chi connectivity index (χ0n) is 9.45. The third-order valence-electron chi connectivity index (χ3n) is 2.19. The molecule has 0 bridgehead atoms. The van der Waals surface area contributed by atoms with Crippen LogP contribution >= 0.6 is 11.3 Å². The van der Waals surface area contributed by atoms with E-state index in [1.807, 2.05) is 20.9 Å². The molecule has 3 N–H and O–H groups in total. The van der Waals surface area contributed by atoms with Gasteiger partial charge in [0, 0.05) is 23.5 Å². The second kappa shape index (κ2) is 5.23. The Labute approximate surface area is 94.6 Å². The molecule has 0 fully saturated rings. The number of nitrogens with zero attached hydrogens (tertiary/aromatic N) is 2. The minimum atomic E-state index is 0.107. The minimum absolute atomic E-state index is 0.107. The lowest BCUT2D eigenvalue weighted by Gasteiger charge is -2.19. The van der Waals surface area contributed by atoms with Gasteiger partial charge >= 0.3 is 0 Å². The highest BCUT2D eigenvalue weighted by molar-refractivity contribution is 7.09. The van der Waals surface area contributed by atoms with Crippen molar-refractivity contribution in [3.63, 3.8) is 0 Å². The summed E-state index contributed by atoms with van der Waals surface area (Å²) in [6.07, 6.45) is 0. The van der Waals surface area contributed by atoms with E-state index in [4.69, 9.17) is 11.1 Å². The molecule has 1 atom stereocenters. The van der Waals surface area contributed by atoms with Crippen LogP contribution < -0.4 is 5.73 Å². The molecule has 0 amide bonds. The Morgan fingerprint density at radius 2 is 2.40 bits per heavy atom. The van der Waals surface area contributed by atoms with Crippen molar-refractivity contribution in [1.82, 2.24) is 9.88 Å². The lowest BCUT2D eigenvalue weighted by Crippen LogP contribution is -2.31. The maximum absolute atomic E-state index is 7.32. The van der Waals surface area contributed by atoms with E-state index >= 15 is 0 Å². The van der Waals surface area contributed by atoms with Gasteiger partial charge in [-0.3, -0.25) is 10.3 Å². The minimum Gasteiger partial charge on any atom is -0.387 e. The summed E-state index contributed by atoms with van der Waals surface area (Å²) in [5, 5.41) is 10.5. The molecule has 0 aliphatic rings. The van der Waals surface area contributed by atoms with Crippen molar-refractivity contribution in [2.45, 2.75) is 20.4 Å². The monoisotopic (exact) mass is 226 g/mol. The number of hydrogen-bond acceptors (Lipinski definition) is 4. The van der Waals surface area contributed by atoms with E-state index < -0.39 is 0 Å². The first-order valence-corrected chi connectivity index (χ1v) is 5.80. The Balaban J connectivity index is 2.42. The fourth-order valence-electron chi connectivity index (χ4n) is 1.34. The van der Waals surface area contributed by atoms with Crippen LogP contribution in [0.1, 0.15) is 17.6 Å². The van der Waals surface area contributed by atoms with Crippen LogP contribution in [0.3, 0.4) is 0 Å². The Morgan fingerprint density at radius 1 is 1.73 bits per heavy atom. The molecule has 4 nitrogen and oxygen atoms in total. The van der Waals surface area contributed by atoms with E-state index in [1.165, 1.54) is 0 Å². The van der Waals surface area contributed by atoms with Crippen LogP contribution in [-0.4, -0.2) is 29.3 Å². The van der Waals surface area contributed by atoms with E-state index in [0.29, 0.717) is 0 Å². The van der Waals surface area contributed by atoms with Crippen molar-refractivity contribution in [2.75, 3.05) is 13.6 Å². The van der Waals surface area contributed by atoms with Gasteiger partial charge in [0.2, 0.25) is 0 Å². The summed E-state index contributed by atoms with van der Waals surface area (Å²) in [5.74, 6) is 0.355. The van der Waals surface area contributed by atoms with Gasteiger partial charge in [-0.2, -0.15) is 0 Å². The molecule has 1 heterocycles. The maximum Gasteiger partial charge on any atom is 0.107 e. The molecule has 0 saturated heterocycles. The Hall–Kier alpha value is -0.940. The molecule has 84 valence electrons. The summed E-state index contributed by atoms with van der Waals surface area (Å²) in [7, 11) is 2.02. The van der Waals surface area contributed by atoms with Crippen molar-refractivity contribution in [3.8, 4) is 0 Å². The van der Waals surface area contributed by atoms with Crippen LogP contribution in [0.5, 0.6) is 0 Å². The number of nitrogens with two attached hydrogens (primary N) is 1. The number of nitrogens with one attached hydrogen (secondary N) is 1. The molecule has 0 saturated carbocycles. The van der Waals surface area contributed by atoms with Crippen LogP contribution in [-0.2, 0) is 6.54 Å². The first kappa shape index (κ1) is 12.1. The molecule has 1 unspecified atom stereocenters. The molecular formula is C10H18N4S. The van der Waals surface area contributed by atoms with Gasteiger partial charge in [-0.15, -0.1) is 11.3 Å². The van der Waals surface area contributed by atoms with Gasteiger partial charge in [0.05, 0.1) is 12.4 Å². The van der Waals surface area contributed by atoms with Crippen LogP contribution in [0, 0.1) is 18.3 Å². The molecule has 5 heteroatoms. The normalized spacial score (nSPS) is 13.1. The van der Waals surface area contributed by atoms with Crippen molar-refractivity contribution in [1.29, 1.82) is 5.41 Å². The molecule has 1 rings (SSSR count). The highest BCUT2D eigenvalue weighted by Crippen LogP contribution is 2.11. The Kier molecular flexibility index (Phi) is 4.23. The molecule has 1 aromatic heterocycles. The van der Waals surface area contributed by atoms with Crippen LogP contribution in [0.25, 0.3) is 0 Å². The fraction of sp³-hybridized carbons (Fsp3) is 0.600. The van der Waals surface area contributed by atoms with E-state index in [0.717, 1.165) is 23.8 Å². The summed E-state index contributed by atoms with van der Waals surface area (Å²) >= 11 is 1.68. The number of thiazole rings is 1. The number of hydrogen-bond donors (Lipinski definition) is 2. The van der Waals surface area contributed by atoms with E-state index in [2.05, 4.69) is 15.3 Å².